The normalized spacial score (nSPS) is 10.3. The summed E-state index contributed by atoms with van der Waals surface area (Å²) in [4.78, 5) is 0. The molecule has 0 radical (unpaired) electrons. The third kappa shape index (κ3) is 14.0. The molecule has 0 fully saturated rings. The van der Waals surface area contributed by atoms with E-state index in [2.05, 4.69) is 243 Å². The minimum atomic E-state index is -0.847. The molecule has 0 N–H and O–H groups in total. The van der Waals surface area contributed by atoms with Gasteiger partial charge in [0, 0.05) is 42.1 Å². The summed E-state index contributed by atoms with van der Waals surface area (Å²) >= 11 is 0. The number of benzene rings is 8. The van der Waals surface area contributed by atoms with Crippen LogP contribution in [0.3, 0.4) is 0 Å². The van der Waals surface area contributed by atoms with Crippen LogP contribution in [0.2, 0.25) is 0 Å². The summed E-state index contributed by atoms with van der Waals surface area (Å²) in [6.07, 6.45) is 0. The van der Waals surface area contributed by atoms with Crippen molar-refractivity contribution in [2.45, 2.75) is 0 Å². The van der Waals surface area contributed by atoms with Crippen LogP contribution in [0.4, 0.5) is 0 Å². The molecule has 0 aliphatic rings. The van der Waals surface area contributed by atoms with Crippen molar-refractivity contribution in [3.05, 3.63) is 258 Å². The van der Waals surface area contributed by atoms with Crippen molar-refractivity contribution in [1.29, 1.82) is 0 Å². The Morgan fingerprint density at radius 3 is 0.397 bits per heavy atom. The molecule has 0 aliphatic carbocycles. The molecule has 0 bridgehead atoms. The zero-order chi connectivity index (χ0) is 36.6. The van der Waals surface area contributed by atoms with Gasteiger partial charge in [0.25, 0.3) is 0 Å². The second-order valence-electron chi connectivity index (χ2n) is 13.2. The molecule has 300 valence electrons. The van der Waals surface area contributed by atoms with Gasteiger partial charge in [-0.25, -0.2) is 0 Å². The van der Waals surface area contributed by atoms with Gasteiger partial charge in [-0.1, -0.05) is 146 Å². The first-order chi connectivity index (χ1) is 26.8. The fourth-order valence-corrected chi connectivity index (χ4v) is 22.4. The molecule has 0 aliphatic heterocycles. The molecule has 0 saturated carbocycles. The summed E-state index contributed by atoms with van der Waals surface area (Å²) in [5.74, 6) is 2.49. The van der Waals surface area contributed by atoms with Crippen molar-refractivity contribution in [3.8, 4) is 0 Å². The first-order valence-corrected chi connectivity index (χ1v) is 25.5. The first kappa shape index (κ1) is 49.2. The van der Waals surface area contributed by atoms with Crippen molar-refractivity contribution in [3.63, 3.8) is 0 Å². The van der Waals surface area contributed by atoms with Crippen molar-refractivity contribution in [2.24, 2.45) is 0 Å². The van der Waals surface area contributed by atoms with Gasteiger partial charge in [-0.2, -0.15) is 0 Å². The van der Waals surface area contributed by atoms with Gasteiger partial charge in [0.15, 0.2) is 11.8 Å². The fraction of sp³-hybridized carbons (Fsp3) is 0.0385. The topological polar surface area (TPSA) is 0 Å². The maximum atomic E-state index is 2.32. The molecule has 0 amide bonds. The molecule has 0 spiro atoms. The zero-order valence-electron chi connectivity index (χ0n) is 33.1. The molecule has 8 aromatic rings. The molecule has 58 heavy (non-hydrogen) atoms. The minimum Gasteiger partial charge on any atom is -0.358 e. The molecule has 0 nitrogen and oxygen atoms in total. The number of hydrogen-bond acceptors (Lipinski definition) is 0. The van der Waals surface area contributed by atoms with Gasteiger partial charge in [-0.3, -0.25) is 0 Å². The van der Waals surface area contributed by atoms with Crippen molar-refractivity contribution >= 4 is 74.1 Å². The van der Waals surface area contributed by atoms with E-state index in [9.17, 15) is 0 Å². The van der Waals surface area contributed by atoms with Crippen LogP contribution in [0.25, 0.3) is 0 Å². The van der Waals surface area contributed by atoms with Crippen LogP contribution in [0.1, 0.15) is 0 Å². The van der Waals surface area contributed by atoms with E-state index in [4.69, 9.17) is 0 Å². The van der Waals surface area contributed by atoms with Crippen LogP contribution in [0.15, 0.2) is 243 Å². The summed E-state index contributed by atoms with van der Waals surface area (Å²) in [7, 11) is -3.39. The van der Waals surface area contributed by atoms with Gasteiger partial charge in [-0.05, 0) is 97.1 Å². The van der Waals surface area contributed by atoms with Crippen molar-refractivity contribution in [1.82, 2.24) is 0 Å². The Labute approximate surface area is 382 Å². The maximum Gasteiger partial charge on any atom is 0.174 e. The molecule has 6 heteroatoms. The van der Waals surface area contributed by atoms with Crippen molar-refractivity contribution in [2.75, 3.05) is 11.8 Å². The molecule has 0 unspecified atom stereocenters. The Bertz CT molecular complexity index is 1730. The molecule has 0 atom stereocenters. The molecule has 0 saturated heterocycles. The summed E-state index contributed by atoms with van der Waals surface area (Å²) in [5, 5.41) is 12.0. The number of hydrogen-bond donors (Lipinski definition) is 0. The van der Waals surface area contributed by atoms with Crippen LogP contribution in [-0.2, 0) is 42.1 Å². The van der Waals surface area contributed by atoms with E-state index < -0.39 is 31.7 Å². The average Bonchev–Trinajstić information content (AvgIpc) is 3.27. The summed E-state index contributed by atoms with van der Waals surface area (Å²) < 4.78 is 0. The molecular formula is C52H54P4Pt2+2. The average molecular weight is 1190 g/mol. The van der Waals surface area contributed by atoms with Crippen molar-refractivity contribution < 1.29 is 42.1 Å². The van der Waals surface area contributed by atoms with Crippen LogP contribution in [-0.4, -0.2) is 11.8 Å². The van der Waals surface area contributed by atoms with E-state index in [1.165, 1.54) is 54.2 Å². The predicted molar refractivity (Wildman–Crippen MR) is 264 cm³/mol. The minimum absolute atomic E-state index is 0. The molecular weight excluding hydrogens is 1140 g/mol. The molecule has 8 aromatic carbocycles. The van der Waals surface area contributed by atoms with E-state index in [1.54, 1.807) is 0 Å². The van der Waals surface area contributed by atoms with Gasteiger partial charge >= 0.3 is 0 Å². The molecule has 0 heterocycles. The monoisotopic (exact) mass is 1190 g/mol. The summed E-state index contributed by atoms with van der Waals surface area (Å²) in [6, 6.07) is 88.9. The van der Waals surface area contributed by atoms with Gasteiger partial charge in [0.1, 0.15) is 74.1 Å². The van der Waals surface area contributed by atoms with E-state index in [0.717, 1.165) is 0 Å². The zero-order valence-corrected chi connectivity index (χ0v) is 41.7. The van der Waals surface area contributed by atoms with Crippen LogP contribution in [0, 0.1) is 14.9 Å². The first-order valence-electron chi connectivity index (χ1n) is 18.7. The van der Waals surface area contributed by atoms with Gasteiger partial charge < -0.3 is 14.9 Å². The Hall–Kier alpha value is -3.14. The van der Waals surface area contributed by atoms with E-state index in [0.29, 0.717) is 0 Å². The fourth-order valence-electron chi connectivity index (χ4n) is 6.95. The number of rotatable bonds is 12. The summed E-state index contributed by atoms with van der Waals surface area (Å²) in [5.41, 5.74) is 0. The SMILES string of the molecule is [CH3-].[CH3-].[Pt].[Pt].c1ccc([PH+](C[PH+](c2ccccc2)c2ccccc2)c2ccccc2)cc1.c1ccc([PH+](C[PH+](c2ccccc2)c2ccccc2)c2ccccc2)cc1. The van der Waals surface area contributed by atoms with Gasteiger partial charge in [0.05, 0.1) is 0 Å². The third-order valence-corrected chi connectivity index (χ3v) is 23.6. The van der Waals surface area contributed by atoms with Crippen LogP contribution >= 0.6 is 31.7 Å². The van der Waals surface area contributed by atoms with Crippen LogP contribution in [0.5, 0.6) is 0 Å². The van der Waals surface area contributed by atoms with E-state index in [1.807, 2.05) is 0 Å². The molecule has 8 rings (SSSR count). The second kappa shape index (κ2) is 26.9. The smallest absolute Gasteiger partial charge is 0.174 e. The quantitative estimate of drug-likeness (QED) is 0.0845. The second-order valence-corrected chi connectivity index (χ2v) is 24.5. The maximum absolute atomic E-state index is 2.32. The standard InChI is InChI=1S/2C25H22P2.2CH3.2Pt/c2*1-5-13-22(14-6-1)26(23-15-7-2-8-16-23)21-27(24-17-9-3-10-18-24)25-19-11-4-12-20-25;;;;/h2*1-20H,21H2;2*1H3;;/q;;2*-1;;/p+4. The summed E-state index contributed by atoms with van der Waals surface area (Å²) in [6.45, 7) is 0. The largest absolute Gasteiger partial charge is 0.358 e. The van der Waals surface area contributed by atoms with Gasteiger partial charge in [-0.15, -0.1) is 0 Å². The Morgan fingerprint density at radius 1 is 0.190 bits per heavy atom. The Morgan fingerprint density at radius 2 is 0.293 bits per heavy atom. The molecule has 0 aromatic heterocycles. The Balaban J connectivity index is 0.000000290. The van der Waals surface area contributed by atoms with Crippen LogP contribution < -0.4 is 42.4 Å². The predicted octanol–water partition coefficient (Wildman–Crippen LogP) is 10.2. The Kier molecular flexibility index (Phi) is 22.8. The van der Waals surface area contributed by atoms with E-state index in [-0.39, 0.29) is 57.0 Å². The van der Waals surface area contributed by atoms with Gasteiger partial charge in [0.2, 0.25) is 0 Å². The third-order valence-electron chi connectivity index (χ3n) is 9.69. The van der Waals surface area contributed by atoms with E-state index >= 15 is 0 Å².